The van der Waals surface area contributed by atoms with Gasteiger partial charge in [0, 0.05) is 50.7 Å². The zero-order valence-corrected chi connectivity index (χ0v) is 19.8. The Hall–Kier alpha value is -1.83. The van der Waals surface area contributed by atoms with Crippen LogP contribution in [0.25, 0.3) is 0 Å². The molecule has 1 aromatic carbocycles. The van der Waals surface area contributed by atoms with E-state index in [2.05, 4.69) is 22.2 Å². The third-order valence-electron chi connectivity index (χ3n) is 5.51. The van der Waals surface area contributed by atoms with Crippen molar-refractivity contribution in [2.75, 3.05) is 32.2 Å². The second-order valence-electron chi connectivity index (χ2n) is 7.83. The Bertz CT molecular complexity index is 861. The lowest BCUT2D eigenvalue weighted by molar-refractivity contribution is 0.0948. The molecule has 0 bridgehead atoms. The van der Waals surface area contributed by atoms with E-state index in [1.807, 2.05) is 30.3 Å². The maximum absolute atomic E-state index is 12.3. The van der Waals surface area contributed by atoms with Crippen LogP contribution in [0.2, 0.25) is 5.15 Å². The lowest BCUT2D eigenvalue weighted by Gasteiger charge is -2.32. The quantitative estimate of drug-likeness (QED) is 0.233. The van der Waals surface area contributed by atoms with Crippen molar-refractivity contribution in [1.29, 1.82) is 0 Å². The summed E-state index contributed by atoms with van der Waals surface area (Å²) in [7, 11) is 3.75. The van der Waals surface area contributed by atoms with E-state index in [4.69, 9.17) is 21.3 Å². The summed E-state index contributed by atoms with van der Waals surface area (Å²) in [5.74, 6) is 1.47. The van der Waals surface area contributed by atoms with Crippen LogP contribution in [0.15, 0.2) is 35.5 Å². The molecule has 6 nitrogen and oxygen atoms in total. The van der Waals surface area contributed by atoms with Crippen LogP contribution in [0, 0.1) is 0 Å². The molecule has 0 unspecified atom stereocenters. The summed E-state index contributed by atoms with van der Waals surface area (Å²) in [6, 6.07) is 10.0. The fourth-order valence-corrected chi connectivity index (χ4v) is 4.78. The molecule has 1 fully saturated rings. The smallest absolute Gasteiger partial charge is 0.251 e. The molecule has 1 heterocycles. The number of carbonyl (C=O) groups excluding carboxylic acids is 1. The van der Waals surface area contributed by atoms with E-state index in [1.54, 1.807) is 7.11 Å². The molecule has 1 aliphatic rings. The van der Waals surface area contributed by atoms with Gasteiger partial charge in [0.25, 0.3) is 5.91 Å². The first kappa shape index (κ1) is 23.8. The number of nitrogens with one attached hydrogen (secondary N) is 1. The van der Waals surface area contributed by atoms with Crippen LogP contribution < -0.4 is 10.2 Å². The van der Waals surface area contributed by atoms with Gasteiger partial charge in [-0.25, -0.2) is 9.97 Å². The van der Waals surface area contributed by atoms with Crippen LogP contribution in [-0.4, -0.2) is 49.2 Å². The van der Waals surface area contributed by atoms with E-state index in [0.29, 0.717) is 40.8 Å². The average Bonchev–Trinajstić information content (AvgIpc) is 2.80. The van der Waals surface area contributed by atoms with Crippen molar-refractivity contribution < 1.29 is 9.53 Å². The van der Waals surface area contributed by atoms with Gasteiger partial charge in [-0.2, -0.15) is 0 Å². The van der Waals surface area contributed by atoms with Crippen molar-refractivity contribution in [2.24, 2.45) is 0 Å². The predicted octanol–water partition coefficient (Wildman–Crippen LogP) is 4.96. The van der Waals surface area contributed by atoms with E-state index in [-0.39, 0.29) is 5.91 Å². The molecule has 0 saturated heterocycles. The highest BCUT2D eigenvalue weighted by molar-refractivity contribution is 7.98. The number of methoxy groups -OCH3 is 1. The van der Waals surface area contributed by atoms with Gasteiger partial charge in [-0.1, -0.05) is 54.8 Å². The molecule has 1 aliphatic carbocycles. The number of hydrogen-bond acceptors (Lipinski definition) is 6. The van der Waals surface area contributed by atoms with Crippen LogP contribution in [-0.2, 0) is 10.5 Å². The molecular formula is C23H31ClN4O2S. The Labute approximate surface area is 194 Å². The molecule has 0 atom stereocenters. The molecule has 168 valence electrons. The molecular weight excluding hydrogens is 432 g/mol. The Morgan fingerprint density at radius 3 is 2.84 bits per heavy atom. The summed E-state index contributed by atoms with van der Waals surface area (Å²) in [5, 5.41) is 4.03. The molecule has 1 N–H and O–H groups in total. The second kappa shape index (κ2) is 12.3. The lowest BCUT2D eigenvalue weighted by atomic mass is 9.94. The lowest BCUT2D eigenvalue weighted by Crippen LogP contribution is -2.34. The maximum atomic E-state index is 12.3. The van der Waals surface area contributed by atoms with Crippen molar-refractivity contribution in [3.63, 3.8) is 0 Å². The van der Waals surface area contributed by atoms with Gasteiger partial charge in [0.15, 0.2) is 5.16 Å². The number of carbonyl (C=O) groups is 1. The van der Waals surface area contributed by atoms with Gasteiger partial charge < -0.3 is 15.0 Å². The van der Waals surface area contributed by atoms with E-state index in [0.717, 1.165) is 17.8 Å². The van der Waals surface area contributed by atoms with E-state index in [9.17, 15) is 4.79 Å². The van der Waals surface area contributed by atoms with Gasteiger partial charge in [-0.05, 0) is 37.0 Å². The number of ether oxygens (including phenoxy) is 1. The highest BCUT2D eigenvalue weighted by Crippen LogP contribution is 2.28. The Kier molecular flexibility index (Phi) is 9.43. The Morgan fingerprint density at radius 2 is 2.06 bits per heavy atom. The third kappa shape index (κ3) is 7.37. The number of nitrogens with zero attached hydrogens (tertiary/aromatic N) is 3. The van der Waals surface area contributed by atoms with E-state index >= 15 is 0 Å². The second-order valence-corrected chi connectivity index (χ2v) is 9.16. The molecule has 3 rings (SSSR count). The van der Waals surface area contributed by atoms with Crippen LogP contribution in [0.3, 0.4) is 0 Å². The van der Waals surface area contributed by atoms with Gasteiger partial charge in [0.1, 0.15) is 11.0 Å². The number of rotatable bonds is 10. The van der Waals surface area contributed by atoms with Crippen LogP contribution in [0.4, 0.5) is 5.82 Å². The first-order valence-corrected chi connectivity index (χ1v) is 12.2. The topological polar surface area (TPSA) is 67.3 Å². The van der Waals surface area contributed by atoms with Gasteiger partial charge in [-0.3, -0.25) is 4.79 Å². The van der Waals surface area contributed by atoms with Crippen molar-refractivity contribution in [2.45, 2.75) is 55.5 Å². The van der Waals surface area contributed by atoms with Crippen molar-refractivity contribution in [3.8, 4) is 0 Å². The minimum absolute atomic E-state index is 0.0710. The number of halogens is 1. The molecule has 0 spiro atoms. The Balaban J connectivity index is 1.60. The maximum Gasteiger partial charge on any atom is 0.251 e. The zero-order valence-electron chi connectivity index (χ0n) is 18.3. The predicted molar refractivity (Wildman–Crippen MR) is 127 cm³/mol. The van der Waals surface area contributed by atoms with Gasteiger partial charge in [0.05, 0.1) is 0 Å². The van der Waals surface area contributed by atoms with E-state index < -0.39 is 0 Å². The van der Waals surface area contributed by atoms with Crippen LogP contribution in [0.1, 0.15) is 54.4 Å². The first-order chi connectivity index (χ1) is 15.1. The Morgan fingerprint density at radius 1 is 1.26 bits per heavy atom. The summed E-state index contributed by atoms with van der Waals surface area (Å²) < 4.78 is 5.01. The van der Waals surface area contributed by atoms with Gasteiger partial charge in [0.2, 0.25) is 0 Å². The fraction of sp³-hybridized carbons (Fsp3) is 0.522. The first-order valence-electron chi connectivity index (χ1n) is 10.8. The molecule has 1 amide bonds. The summed E-state index contributed by atoms with van der Waals surface area (Å²) in [6.07, 6.45) is 7.04. The minimum atomic E-state index is -0.0710. The zero-order chi connectivity index (χ0) is 22.1. The number of aromatic nitrogens is 2. The summed E-state index contributed by atoms with van der Waals surface area (Å²) in [4.78, 5) is 23.7. The minimum Gasteiger partial charge on any atom is -0.385 e. The normalized spacial score (nSPS) is 14.4. The molecule has 0 aliphatic heterocycles. The van der Waals surface area contributed by atoms with Crippen LogP contribution in [0.5, 0.6) is 0 Å². The molecule has 1 aromatic heterocycles. The number of thioether (sulfide) groups is 1. The monoisotopic (exact) mass is 462 g/mol. The molecule has 31 heavy (non-hydrogen) atoms. The third-order valence-corrected chi connectivity index (χ3v) is 6.62. The highest BCUT2D eigenvalue weighted by Gasteiger charge is 2.20. The summed E-state index contributed by atoms with van der Waals surface area (Å²) >= 11 is 7.83. The summed E-state index contributed by atoms with van der Waals surface area (Å²) in [6.45, 7) is 1.23. The number of amides is 1. The molecule has 2 aromatic rings. The molecule has 8 heteroatoms. The standard InChI is InChI=1S/C23H31ClN4O2S/c1-28(19-10-4-3-5-11-19)21-15-20(24)26-23(27-21)31-16-17-8-6-9-18(14-17)22(29)25-12-7-13-30-2/h6,8-9,14-15,19H,3-5,7,10-13,16H2,1-2H3,(H,25,29). The summed E-state index contributed by atoms with van der Waals surface area (Å²) in [5.41, 5.74) is 1.69. The van der Waals surface area contributed by atoms with Crippen molar-refractivity contribution >= 4 is 35.1 Å². The molecule has 0 radical (unpaired) electrons. The van der Waals surface area contributed by atoms with E-state index in [1.165, 1.54) is 43.9 Å². The fourth-order valence-electron chi connectivity index (χ4n) is 3.76. The largest absolute Gasteiger partial charge is 0.385 e. The SMILES string of the molecule is COCCCNC(=O)c1cccc(CSc2nc(Cl)cc(N(C)C3CCCCC3)n2)c1. The molecule has 1 saturated carbocycles. The average molecular weight is 463 g/mol. The van der Waals surface area contributed by atoms with Gasteiger partial charge in [-0.15, -0.1) is 0 Å². The number of anilines is 1. The highest BCUT2D eigenvalue weighted by atomic mass is 35.5. The number of benzene rings is 1. The van der Waals surface area contributed by atoms with Gasteiger partial charge >= 0.3 is 0 Å². The number of hydrogen-bond donors (Lipinski definition) is 1. The van der Waals surface area contributed by atoms with Crippen molar-refractivity contribution in [1.82, 2.24) is 15.3 Å². The van der Waals surface area contributed by atoms with Crippen LogP contribution >= 0.6 is 23.4 Å². The van der Waals surface area contributed by atoms with Crippen molar-refractivity contribution in [3.05, 3.63) is 46.6 Å².